The van der Waals surface area contributed by atoms with E-state index in [0.29, 0.717) is 11.6 Å². The molecule has 1 amide bonds. The average molecular weight is 205 g/mol. The number of amides is 1. The molecule has 0 saturated heterocycles. The van der Waals surface area contributed by atoms with Gasteiger partial charge in [-0.05, 0) is 25.0 Å². The maximum Gasteiger partial charge on any atom is 0.289 e. The van der Waals surface area contributed by atoms with E-state index in [1.165, 1.54) is 0 Å². The summed E-state index contributed by atoms with van der Waals surface area (Å²) in [4.78, 5) is 15.4. The monoisotopic (exact) mass is 205 g/mol. The molecular formula is C11H15N3O. The van der Waals surface area contributed by atoms with Gasteiger partial charge in [0.05, 0.1) is 0 Å². The zero-order valence-corrected chi connectivity index (χ0v) is 9.19. The van der Waals surface area contributed by atoms with Crippen LogP contribution in [0, 0.1) is 5.92 Å². The van der Waals surface area contributed by atoms with Crippen LogP contribution in [-0.2, 0) is 0 Å². The standard InChI is InChI=1S/C11H15N3O/c1-8(2)9(3)13-14-11(15)10-6-4-5-7-12-10/h4-8H,1-3H3,(H,14,15)/b13-9+. The van der Waals surface area contributed by atoms with Gasteiger partial charge in [-0.1, -0.05) is 19.9 Å². The van der Waals surface area contributed by atoms with Gasteiger partial charge in [0.15, 0.2) is 0 Å². The fourth-order valence-electron chi connectivity index (χ4n) is 0.822. The largest absolute Gasteiger partial charge is 0.289 e. The van der Waals surface area contributed by atoms with Gasteiger partial charge in [0.25, 0.3) is 5.91 Å². The molecule has 0 aliphatic carbocycles. The van der Waals surface area contributed by atoms with Gasteiger partial charge in [-0.2, -0.15) is 5.10 Å². The second-order valence-corrected chi connectivity index (χ2v) is 3.56. The Bertz CT molecular complexity index is 357. The highest BCUT2D eigenvalue weighted by atomic mass is 16.2. The lowest BCUT2D eigenvalue weighted by Gasteiger charge is -2.04. The zero-order valence-electron chi connectivity index (χ0n) is 9.19. The molecule has 1 aromatic heterocycles. The topological polar surface area (TPSA) is 54.4 Å². The van der Waals surface area contributed by atoms with Gasteiger partial charge in [0.1, 0.15) is 5.69 Å². The van der Waals surface area contributed by atoms with Crippen molar-refractivity contribution in [2.75, 3.05) is 0 Å². The Labute approximate surface area is 89.4 Å². The van der Waals surface area contributed by atoms with Crippen molar-refractivity contribution < 1.29 is 4.79 Å². The minimum Gasteiger partial charge on any atom is -0.266 e. The zero-order chi connectivity index (χ0) is 11.3. The summed E-state index contributed by atoms with van der Waals surface area (Å²) >= 11 is 0. The number of hydrogen-bond donors (Lipinski definition) is 1. The third-order valence-corrected chi connectivity index (χ3v) is 2.07. The van der Waals surface area contributed by atoms with E-state index in [1.807, 2.05) is 20.8 Å². The Kier molecular flexibility index (Phi) is 3.97. The van der Waals surface area contributed by atoms with Crippen LogP contribution in [-0.4, -0.2) is 16.6 Å². The lowest BCUT2D eigenvalue weighted by Crippen LogP contribution is -2.21. The quantitative estimate of drug-likeness (QED) is 0.604. The summed E-state index contributed by atoms with van der Waals surface area (Å²) in [6.07, 6.45) is 1.58. The molecule has 0 fully saturated rings. The van der Waals surface area contributed by atoms with E-state index < -0.39 is 0 Å². The molecule has 0 saturated carbocycles. The molecule has 0 aliphatic heterocycles. The Hall–Kier alpha value is -1.71. The van der Waals surface area contributed by atoms with E-state index in [0.717, 1.165) is 5.71 Å². The first kappa shape index (κ1) is 11.4. The fourth-order valence-corrected chi connectivity index (χ4v) is 0.822. The molecule has 1 N–H and O–H groups in total. The van der Waals surface area contributed by atoms with E-state index in [2.05, 4.69) is 15.5 Å². The molecular weight excluding hydrogens is 190 g/mol. The van der Waals surface area contributed by atoms with Crippen LogP contribution < -0.4 is 5.43 Å². The Morgan fingerprint density at radius 2 is 2.20 bits per heavy atom. The lowest BCUT2D eigenvalue weighted by molar-refractivity contribution is 0.0949. The molecule has 15 heavy (non-hydrogen) atoms. The predicted octanol–water partition coefficient (Wildman–Crippen LogP) is 1.84. The molecule has 0 spiro atoms. The van der Waals surface area contributed by atoms with Crippen molar-refractivity contribution in [3.8, 4) is 0 Å². The van der Waals surface area contributed by atoms with Crippen molar-refractivity contribution in [1.82, 2.24) is 10.4 Å². The minimum absolute atomic E-state index is 0.282. The van der Waals surface area contributed by atoms with Gasteiger partial charge >= 0.3 is 0 Å². The van der Waals surface area contributed by atoms with E-state index >= 15 is 0 Å². The van der Waals surface area contributed by atoms with Crippen molar-refractivity contribution in [3.05, 3.63) is 30.1 Å². The number of hydrogen-bond acceptors (Lipinski definition) is 3. The highest BCUT2D eigenvalue weighted by Crippen LogP contribution is 1.96. The second kappa shape index (κ2) is 5.24. The van der Waals surface area contributed by atoms with Crippen LogP contribution in [0.25, 0.3) is 0 Å². The Morgan fingerprint density at radius 1 is 1.47 bits per heavy atom. The Balaban J connectivity index is 2.62. The van der Waals surface area contributed by atoms with E-state index in [4.69, 9.17) is 0 Å². The predicted molar refractivity (Wildman–Crippen MR) is 59.7 cm³/mol. The van der Waals surface area contributed by atoms with Crippen molar-refractivity contribution in [3.63, 3.8) is 0 Å². The maximum atomic E-state index is 11.5. The van der Waals surface area contributed by atoms with Crippen LogP contribution in [0.1, 0.15) is 31.3 Å². The normalized spacial score (nSPS) is 11.6. The number of carbonyl (C=O) groups excluding carboxylic acids is 1. The van der Waals surface area contributed by atoms with Gasteiger partial charge in [-0.3, -0.25) is 9.78 Å². The lowest BCUT2D eigenvalue weighted by atomic mass is 10.1. The first-order valence-corrected chi connectivity index (χ1v) is 4.87. The number of rotatable bonds is 3. The molecule has 0 aliphatic rings. The Morgan fingerprint density at radius 3 is 2.73 bits per heavy atom. The summed E-state index contributed by atoms with van der Waals surface area (Å²) in [6, 6.07) is 5.18. The number of pyridine rings is 1. The molecule has 0 unspecified atom stereocenters. The van der Waals surface area contributed by atoms with Gasteiger partial charge < -0.3 is 0 Å². The number of hydrazone groups is 1. The fraction of sp³-hybridized carbons (Fsp3) is 0.364. The van der Waals surface area contributed by atoms with Crippen LogP contribution >= 0.6 is 0 Å². The van der Waals surface area contributed by atoms with Crippen LogP contribution in [0.3, 0.4) is 0 Å². The molecule has 80 valence electrons. The molecule has 0 bridgehead atoms. The van der Waals surface area contributed by atoms with Crippen LogP contribution in [0.15, 0.2) is 29.5 Å². The third kappa shape index (κ3) is 3.50. The van der Waals surface area contributed by atoms with Crippen molar-refractivity contribution in [2.24, 2.45) is 11.0 Å². The van der Waals surface area contributed by atoms with E-state index in [1.54, 1.807) is 24.4 Å². The number of nitrogens with zero attached hydrogens (tertiary/aromatic N) is 2. The first-order chi connectivity index (χ1) is 7.11. The van der Waals surface area contributed by atoms with Crippen LogP contribution in [0.2, 0.25) is 0 Å². The highest BCUT2D eigenvalue weighted by Gasteiger charge is 2.05. The third-order valence-electron chi connectivity index (χ3n) is 2.07. The average Bonchev–Trinajstić information content (AvgIpc) is 2.26. The van der Waals surface area contributed by atoms with Gasteiger partial charge in [0, 0.05) is 11.9 Å². The molecule has 0 radical (unpaired) electrons. The molecule has 4 nitrogen and oxygen atoms in total. The summed E-state index contributed by atoms with van der Waals surface area (Å²) in [5.41, 5.74) is 3.73. The van der Waals surface area contributed by atoms with Crippen molar-refractivity contribution in [2.45, 2.75) is 20.8 Å². The van der Waals surface area contributed by atoms with Crippen LogP contribution in [0.5, 0.6) is 0 Å². The molecule has 4 heteroatoms. The van der Waals surface area contributed by atoms with Gasteiger partial charge in [-0.25, -0.2) is 5.43 Å². The van der Waals surface area contributed by atoms with Gasteiger partial charge in [0.2, 0.25) is 0 Å². The number of aromatic nitrogens is 1. The molecule has 1 aromatic rings. The summed E-state index contributed by atoms with van der Waals surface area (Å²) in [7, 11) is 0. The van der Waals surface area contributed by atoms with Gasteiger partial charge in [-0.15, -0.1) is 0 Å². The van der Waals surface area contributed by atoms with Crippen molar-refractivity contribution in [1.29, 1.82) is 0 Å². The SMILES string of the molecule is C/C(=N\NC(=O)c1ccccn1)C(C)C. The summed E-state index contributed by atoms with van der Waals surface area (Å²) < 4.78 is 0. The van der Waals surface area contributed by atoms with Crippen LogP contribution in [0.4, 0.5) is 0 Å². The highest BCUT2D eigenvalue weighted by molar-refractivity contribution is 5.93. The minimum atomic E-state index is -0.282. The molecule has 0 atom stereocenters. The summed E-state index contributed by atoms with van der Waals surface area (Å²) in [6.45, 7) is 5.92. The molecule has 0 aromatic carbocycles. The smallest absolute Gasteiger partial charge is 0.266 e. The second-order valence-electron chi connectivity index (χ2n) is 3.56. The summed E-state index contributed by atoms with van der Waals surface area (Å²) in [5.74, 6) is 0.0460. The van der Waals surface area contributed by atoms with Crippen molar-refractivity contribution >= 4 is 11.6 Å². The maximum absolute atomic E-state index is 11.5. The number of carbonyl (C=O) groups is 1. The molecule has 1 heterocycles. The van der Waals surface area contributed by atoms with E-state index in [-0.39, 0.29) is 5.91 Å². The first-order valence-electron chi connectivity index (χ1n) is 4.87. The summed E-state index contributed by atoms with van der Waals surface area (Å²) in [5, 5.41) is 3.98. The number of nitrogens with one attached hydrogen (secondary N) is 1. The van der Waals surface area contributed by atoms with E-state index in [9.17, 15) is 4.79 Å². The molecule has 1 rings (SSSR count).